The van der Waals surface area contributed by atoms with Crippen LogP contribution in [0.15, 0.2) is 0 Å². The Bertz CT molecular complexity index is 526. The number of hydrogen-bond acceptors (Lipinski definition) is 5. The monoisotopic (exact) mass is 264 g/mol. The van der Waals surface area contributed by atoms with E-state index >= 15 is 0 Å². The fourth-order valence-electron chi connectivity index (χ4n) is 6.89. The highest BCUT2D eigenvalue weighted by Crippen LogP contribution is 2.81. The second kappa shape index (κ2) is 2.53. The summed E-state index contributed by atoms with van der Waals surface area (Å²) in [6.07, 6.45) is 0.770. The highest BCUT2D eigenvalue weighted by atomic mass is 16.7. The van der Waals surface area contributed by atoms with Gasteiger partial charge in [0.25, 0.3) is 0 Å². The van der Waals surface area contributed by atoms with E-state index in [1.165, 1.54) is 0 Å². The lowest BCUT2D eigenvalue weighted by atomic mass is 9.60. The molecule has 0 amide bonds. The molecule has 0 N–H and O–H groups in total. The second-order valence-electron chi connectivity index (χ2n) is 6.91. The van der Waals surface area contributed by atoms with Crippen LogP contribution in [0.4, 0.5) is 0 Å². The number of carbonyl (C=O) groups excluding carboxylic acids is 1. The molecule has 7 nitrogen and oxygen atoms in total. The third-order valence-electron chi connectivity index (χ3n) is 7.06. The molecule has 19 heavy (non-hydrogen) atoms. The van der Waals surface area contributed by atoms with Crippen molar-refractivity contribution in [2.24, 2.45) is 47.3 Å². The standard InChI is InChI=1S/C12H12N2O5/c15-11-3-1-5-9-7(3)8-4(11)2-6(10(8)9)12(5,13(16)17)14(18)19/h3-10H,1-2H2/t3-,4+,5-,6-,7+,8+,9-,10-/m1/s1. The topological polar surface area (TPSA) is 103 Å². The molecule has 0 aromatic rings. The quantitative estimate of drug-likeness (QED) is 0.412. The number of Topliss-reactive ketones (excluding diaryl/α,β-unsaturated/α-hetero) is 1. The molecular weight excluding hydrogens is 252 g/mol. The molecule has 100 valence electrons. The molecule has 5 rings (SSSR count). The molecule has 0 radical (unpaired) electrons. The minimum atomic E-state index is -1.99. The van der Waals surface area contributed by atoms with Gasteiger partial charge in [0, 0.05) is 11.8 Å². The molecule has 0 saturated heterocycles. The summed E-state index contributed by atoms with van der Waals surface area (Å²) in [7, 11) is 0. The maximum absolute atomic E-state index is 12.3. The molecule has 0 aromatic carbocycles. The summed E-state index contributed by atoms with van der Waals surface area (Å²) in [5, 5.41) is 23.1. The van der Waals surface area contributed by atoms with Crippen LogP contribution in [0.3, 0.4) is 0 Å². The molecule has 5 fully saturated rings. The first-order valence-corrected chi connectivity index (χ1v) is 6.84. The minimum absolute atomic E-state index is 0.0762. The first-order chi connectivity index (χ1) is 9.01. The molecule has 0 bridgehead atoms. The van der Waals surface area contributed by atoms with Gasteiger partial charge in [0.15, 0.2) is 0 Å². The van der Waals surface area contributed by atoms with Gasteiger partial charge in [-0.2, -0.15) is 0 Å². The summed E-state index contributed by atoms with van der Waals surface area (Å²) >= 11 is 0. The van der Waals surface area contributed by atoms with E-state index in [1.807, 2.05) is 0 Å². The van der Waals surface area contributed by atoms with E-state index in [9.17, 15) is 25.0 Å². The van der Waals surface area contributed by atoms with E-state index in [2.05, 4.69) is 0 Å². The maximum Gasteiger partial charge on any atom is 0.464 e. The molecule has 0 unspecified atom stereocenters. The smallest absolute Gasteiger partial charge is 0.299 e. The zero-order chi connectivity index (χ0) is 13.3. The van der Waals surface area contributed by atoms with E-state index < -0.39 is 27.3 Å². The van der Waals surface area contributed by atoms with E-state index in [4.69, 9.17) is 0 Å². The van der Waals surface area contributed by atoms with Crippen molar-refractivity contribution in [1.82, 2.24) is 0 Å². The molecule has 8 atom stereocenters. The molecule has 0 aromatic heterocycles. The number of nitro groups is 2. The van der Waals surface area contributed by atoms with Crippen molar-refractivity contribution in [3.05, 3.63) is 20.2 Å². The fraction of sp³-hybridized carbons (Fsp3) is 0.917. The highest BCUT2D eigenvalue weighted by molar-refractivity contribution is 5.89. The van der Waals surface area contributed by atoms with Crippen LogP contribution in [0.5, 0.6) is 0 Å². The lowest BCUT2D eigenvalue weighted by Gasteiger charge is -2.42. The lowest BCUT2D eigenvalue weighted by Crippen LogP contribution is -2.55. The first kappa shape index (κ1) is 10.3. The third-order valence-corrected chi connectivity index (χ3v) is 7.06. The lowest BCUT2D eigenvalue weighted by molar-refractivity contribution is -0.813. The summed E-state index contributed by atoms with van der Waals surface area (Å²) in [5.41, 5.74) is -1.99. The molecule has 0 aliphatic heterocycles. The number of nitrogens with zero attached hydrogens (tertiary/aromatic N) is 2. The largest absolute Gasteiger partial charge is 0.464 e. The van der Waals surface area contributed by atoms with Gasteiger partial charge < -0.3 is 0 Å². The van der Waals surface area contributed by atoms with Gasteiger partial charge >= 0.3 is 5.66 Å². The Morgan fingerprint density at radius 3 is 1.68 bits per heavy atom. The second-order valence-corrected chi connectivity index (χ2v) is 6.91. The van der Waals surface area contributed by atoms with Crippen molar-refractivity contribution in [3.63, 3.8) is 0 Å². The molecular formula is C12H12N2O5. The van der Waals surface area contributed by atoms with Crippen molar-refractivity contribution >= 4 is 5.78 Å². The number of rotatable bonds is 2. The van der Waals surface area contributed by atoms with Crippen LogP contribution in [-0.4, -0.2) is 21.3 Å². The van der Waals surface area contributed by atoms with Gasteiger partial charge in [0.2, 0.25) is 0 Å². The average molecular weight is 264 g/mol. The van der Waals surface area contributed by atoms with Gasteiger partial charge in [-0.1, -0.05) is 0 Å². The van der Waals surface area contributed by atoms with Gasteiger partial charge in [0.1, 0.15) is 17.6 Å². The molecule has 0 heterocycles. The van der Waals surface area contributed by atoms with Crippen LogP contribution in [0.25, 0.3) is 0 Å². The van der Waals surface area contributed by atoms with Crippen LogP contribution in [0, 0.1) is 67.6 Å². The molecule has 5 aliphatic carbocycles. The van der Waals surface area contributed by atoms with Gasteiger partial charge in [-0.25, -0.2) is 0 Å². The summed E-state index contributed by atoms with van der Waals surface area (Å²) in [6, 6.07) is 0. The van der Waals surface area contributed by atoms with E-state index in [-0.39, 0.29) is 41.3 Å². The third kappa shape index (κ3) is 0.694. The number of carbonyl (C=O) groups is 1. The van der Waals surface area contributed by atoms with Gasteiger partial charge in [-0.05, 0) is 36.5 Å². The minimum Gasteiger partial charge on any atom is -0.299 e. The van der Waals surface area contributed by atoms with Crippen molar-refractivity contribution in [2.45, 2.75) is 18.5 Å². The van der Waals surface area contributed by atoms with Gasteiger partial charge in [-0.15, -0.1) is 0 Å². The number of ketones is 1. The maximum atomic E-state index is 12.3. The Morgan fingerprint density at radius 1 is 0.895 bits per heavy atom. The summed E-state index contributed by atoms with van der Waals surface area (Å²) in [6.45, 7) is 0. The summed E-state index contributed by atoms with van der Waals surface area (Å²) in [4.78, 5) is 34.1. The molecule has 7 heteroatoms. The van der Waals surface area contributed by atoms with E-state index in [0.29, 0.717) is 12.8 Å². The SMILES string of the molecule is O=C1[C@H]2C[C@@H]3[C@@H]4[C@@H]2[C@H]2[C@H]4[C@@H](C[C@@H]12)C3([N+](=O)[O-])[N+](=O)[O-]. The zero-order valence-electron chi connectivity index (χ0n) is 9.97. The van der Waals surface area contributed by atoms with Gasteiger partial charge in [-0.3, -0.25) is 25.0 Å². The Hall–Kier alpha value is -1.53. The van der Waals surface area contributed by atoms with Crippen molar-refractivity contribution in [2.75, 3.05) is 0 Å². The Labute approximate surface area is 107 Å². The summed E-state index contributed by atoms with van der Waals surface area (Å²) in [5.74, 6) is -0.359. The summed E-state index contributed by atoms with van der Waals surface area (Å²) < 4.78 is 0. The highest BCUT2D eigenvalue weighted by Gasteiger charge is 2.91. The Morgan fingerprint density at radius 2 is 1.32 bits per heavy atom. The molecule has 5 saturated carbocycles. The average Bonchev–Trinajstić information content (AvgIpc) is 2.86. The first-order valence-electron chi connectivity index (χ1n) is 6.84. The van der Waals surface area contributed by atoms with Crippen LogP contribution >= 0.6 is 0 Å². The van der Waals surface area contributed by atoms with Crippen molar-refractivity contribution in [1.29, 1.82) is 0 Å². The predicted octanol–water partition coefficient (Wildman–Crippen LogP) is 0.583. The van der Waals surface area contributed by atoms with E-state index in [0.717, 1.165) is 0 Å². The predicted molar refractivity (Wildman–Crippen MR) is 58.9 cm³/mol. The Balaban J connectivity index is 1.77. The van der Waals surface area contributed by atoms with Crippen LogP contribution in [-0.2, 0) is 4.79 Å². The van der Waals surface area contributed by atoms with Crippen molar-refractivity contribution in [3.8, 4) is 0 Å². The van der Waals surface area contributed by atoms with E-state index in [1.54, 1.807) is 0 Å². The molecule has 5 aliphatic rings. The Kier molecular flexibility index (Phi) is 1.37. The van der Waals surface area contributed by atoms with Gasteiger partial charge in [0.05, 0.1) is 9.85 Å². The molecule has 0 spiro atoms. The normalized spacial score (nSPS) is 57.4. The van der Waals surface area contributed by atoms with Crippen LogP contribution < -0.4 is 0 Å². The van der Waals surface area contributed by atoms with Crippen molar-refractivity contribution < 1.29 is 14.6 Å². The van der Waals surface area contributed by atoms with Crippen LogP contribution in [0.1, 0.15) is 12.8 Å². The number of hydrogen-bond donors (Lipinski definition) is 0. The fourth-order valence-corrected chi connectivity index (χ4v) is 6.89. The van der Waals surface area contributed by atoms with Crippen LogP contribution in [0.2, 0.25) is 0 Å². The zero-order valence-corrected chi connectivity index (χ0v) is 9.97.